The predicted octanol–water partition coefficient (Wildman–Crippen LogP) is 0.871. The number of thiol groups is 1. The Labute approximate surface area is 90.9 Å². The smallest absolute Gasteiger partial charge is 0.149 e. The van der Waals surface area contributed by atoms with Gasteiger partial charge in [0.25, 0.3) is 0 Å². The molecule has 0 amide bonds. The van der Waals surface area contributed by atoms with Gasteiger partial charge < -0.3 is 15.9 Å². The number of aliphatic hydroxyl groups is 2. The van der Waals surface area contributed by atoms with E-state index in [4.69, 9.17) is 5.73 Å². The van der Waals surface area contributed by atoms with Gasteiger partial charge in [0.1, 0.15) is 17.7 Å². The second-order valence-corrected chi connectivity index (χ2v) is 3.45. The third kappa shape index (κ3) is 2.58. The maximum atomic E-state index is 13.0. The van der Waals surface area contributed by atoms with Gasteiger partial charge in [0, 0.05) is 17.4 Å². The van der Waals surface area contributed by atoms with Gasteiger partial charge in [0.15, 0.2) is 0 Å². The summed E-state index contributed by atoms with van der Waals surface area (Å²) in [6, 6.07) is 1.49. The van der Waals surface area contributed by atoms with Crippen LogP contribution in [-0.2, 0) is 0 Å². The van der Waals surface area contributed by atoms with E-state index in [-0.39, 0.29) is 17.0 Å². The van der Waals surface area contributed by atoms with Gasteiger partial charge in [-0.15, -0.1) is 0 Å². The lowest BCUT2D eigenvalue weighted by Crippen LogP contribution is -2.21. The van der Waals surface area contributed by atoms with Crippen molar-refractivity contribution < 1.29 is 19.0 Å². The average Bonchev–Trinajstić information content (AvgIpc) is 2.21. The van der Waals surface area contributed by atoms with Crippen LogP contribution in [0.2, 0.25) is 0 Å². The lowest BCUT2D eigenvalue weighted by atomic mass is 10.0. The molecule has 0 spiro atoms. The number of nitrogens with two attached hydrogens (primary N) is 1. The van der Waals surface area contributed by atoms with Gasteiger partial charge in [-0.25, -0.2) is 8.78 Å². The van der Waals surface area contributed by atoms with Gasteiger partial charge in [-0.05, 0) is 6.07 Å². The summed E-state index contributed by atoms with van der Waals surface area (Å²) >= 11 is 3.75. The van der Waals surface area contributed by atoms with Crippen molar-refractivity contribution in [1.29, 1.82) is 0 Å². The molecule has 1 rings (SSSR count). The average molecular weight is 235 g/mol. The first-order valence-electron chi connectivity index (χ1n) is 4.18. The van der Waals surface area contributed by atoms with E-state index in [2.05, 4.69) is 12.6 Å². The molecule has 0 saturated heterocycles. The van der Waals surface area contributed by atoms with Crippen molar-refractivity contribution in [2.75, 3.05) is 11.5 Å². The van der Waals surface area contributed by atoms with Crippen molar-refractivity contribution in [3.8, 4) is 0 Å². The van der Waals surface area contributed by atoms with Gasteiger partial charge in [-0.2, -0.15) is 12.6 Å². The molecule has 3 nitrogen and oxygen atoms in total. The summed E-state index contributed by atoms with van der Waals surface area (Å²) in [5.41, 5.74) is 4.76. The Hall–Kier alpha value is -0.850. The predicted molar refractivity (Wildman–Crippen MR) is 55.6 cm³/mol. The quantitative estimate of drug-likeness (QED) is 0.464. The molecule has 0 fully saturated rings. The van der Waals surface area contributed by atoms with Gasteiger partial charge in [-0.3, -0.25) is 0 Å². The van der Waals surface area contributed by atoms with E-state index >= 15 is 0 Å². The summed E-state index contributed by atoms with van der Waals surface area (Å²) in [5, 5.41) is 18.8. The summed E-state index contributed by atoms with van der Waals surface area (Å²) in [7, 11) is 0. The van der Waals surface area contributed by atoms with Crippen molar-refractivity contribution in [2.24, 2.45) is 0 Å². The lowest BCUT2D eigenvalue weighted by Gasteiger charge is -2.18. The molecule has 6 heteroatoms. The molecule has 4 N–H and O–H groups in total. The van der Waals surface area contributed by atoms with E-state index in [1.54, 1.807) is 0 Å². The first-order valence-corrected chi connectivity index (χ1v) is 4.82. The number of benzene rings is 1. The molecule has 0 aliphatic carbocycles. The lowest BCUT2D eigenvalue weighted by molar-refractivity contribution is 0.0339. The molecule has 15 heavy (non-hydrogen) atoms. The van der Waals surface area contributed by atoms with E-state index < -0.39 is 23.8 Å². The van der Waals surface area contributed by atoms with Crippen molar-refractivity contribution in [1.82, 2.24) is 0 Å². The first-order chi connectivity index (χ1) is 6.97. The fourth-order valence-corrected chi connectivity index (χ4v) is 1.36. The highest BCUT2D eigenvalue weighted by molar-refractivity contribution is 7.80. The number of anilines is 1. The number of hydrogen-bond acceptors (Lipinski definition) is 4. The van der Waals surface area contributed by atoms with E-state index in [0.29, 0.717) is 6.07 Å². The number of nitrogen functional groups attached to an aromatic ring is 1. The van der Waals surface area contributed by atoms with Crippen LogP contribution < -0.4 is 5.73 Å². The van der Waals surface area contributed by atoms with Crippen LogP contribution in [0.4, 0.5) is 14.5 Å². The Bertz CT molecular complexity index is 362. The fourth-order valence-electron chi connectivity index (χ4n) is 1.16. The summed E-state index contributed by atoms with van der Waals surface area (Å²) in [5.74, 6) is -1.86. The van der Waals surface area contributed by atoms with E-state index in [9.17, 15) is 19.0 Å². The van der Waals surface area contributed by atoms with Gasteiger partial charge in [0.05, 0.1) is 11.8 Å². The second-order valence-electron chi connectivity index (χ2n) is 3.09. The molecule has 0 aromatic heterocycles. The van der Waals surface area contributed by atoms with Crippen LogP contribution in [0.3, 0.4) is 0 Å². The Morgan fingerprint density at radius 2 is 1.93 bits per heavy atom. The molecule has 0 saturated carbocycles. The number of hydrogen-bond donors (Lipinski definition) is 4. The van der Waals surface area contributed by atoms with Crippen molar-refractivity contribution in [3.63, 3.8) is 0 Å². The molecule has 0 aliphatic heterocycles. The molecule has 1 aromatic rings. The molecule has 0 aliphatic rings. The van der Waals surface area contributed by atoms with Crippen LogP contribution in [0.1, 0.15) is 11.7 Å². The highest BCUT2D eigenvalue weighted by Crippen LogP contribution is 2.27. The van der Waals surface area contributed by atoms with Gasteiger partial charge in [-0.1, -0.05) is 0 Å². The Kier molecular flexibility index (Phi) is 3.90. The SMILES string of the molecule is Nc1c(F)cc(F)cc1C(O)C(O)CS. The summed E-state index contributed by atoms with van der Waals surface area (Å²) in [4.78, 5) is 0. The zero-order valence-electron chi connectivity index (χ0n) is 7.69. The van der Waals surface area contributed by atoms with Crippen LogP contribution in [0.15, 0.2) is 12.1 Å². The van der Waals surface area contributed by atoms with E-state index in [0.717, 1.165) is 6.07 Å². The molecular weight excluding hydrogens is 224 g/mol. The fraction of sp³-hybridized carbons (Fsp3) is 0.333. The third-order valence-corrected chi connectivity index (χ3v) is 2.37. The van der Waals surface area contributed by atoms with Crippen LogP contribution in [-0.4, -0.2) is 22.1 Å². The van der Waals surface area contributed by atoms with Gasteiger partial charge >= 0.3 is 0 Å². The van der Waals surface area contributed by atoms with Crippen LogP contribution >= 0.6 is 12.6 Å². The minimum Gasteiger partial charge on any atom is -0.396 e. The third-order valence-electron chi connectivity index (χ3n) is 2.00. The van der Waals surface area contributed by atoms with E-state index in [1.807, 2.05) is 0 Å². The first kappa shape index (κ1) is 12.2. The molecule has 84 valence electrons. The molecule has 1 aromatic carbocycles. The number of halogens is 2. The van der Waals surface area contributed by atoms with Crippen LogP contribution in [0, 0.1) is 11.6 Å². The second kappa shape index (κ2) is 4.78. The summed E-state index contributed by atoms with van der Waals surface area (Å²) in [6.07, 6.45) is -2.68. The van der Waals surface area contributed by atoms with Crippen LogP contribution in [0.25, 0.3) is 0 Å². The molecule has 0 heterocycles. The van der Waals surface area contributed by atoms with Crippen LogP contribution in [0.5, 0.6) is 0 Å². The highest BCUT2D eigenvalue weighted by atomic mass is 32.1. The normalized spacial score (nSPS) is 15.0. The highest BCUT2D eigenvalue weighted by Gasteiger charge is 2.21. The molecular formula is C9H11F2NO2S. The molecule has 2 atom stereocenters. The maximum Gasteiger partial charge on any atom is 0.149 e. The zero-order valence-corrected chi connectivity index (χ0v) is 8.59. The van der Waals surface area contributed by atoms with Crippen molar-refractivity contribution in [2.45, 2.75) is 12.2 Å². The molecule has 2 unspecified atom stereocenters. The summed E-state index contributed by atoms with van der Waals surface area (Å²) < 4.78 is 25.8. The topological polar surface area (TPSA) is 66.5 Å². The number of aliphatic hydroxyl groups excluding tert-OH is 2. The minimum absolute atomic E-state index is 0.0429. The van der Waals surface area contributed by atoms with E-state index in [1.165, 1.54) is 0 Å². The monoisotopic (exact) mass is 235 g/mol. The standard InChI is InChI=1S/C9H11F2NO2S/c10-4-1-5(8(12)6(11)2-4)9(14)7(13)3-15/h1-2,7,9,13-15H,3,12H2. The van der Waals surface area contributed by atoms with Gasteiger partial charge in [0.2, 0.25) is 0 Å². The number of rotatable bonds is 3. The molecule has 0 bridgehead atoms. The Morgan fingerprint density at radius 3 is 2.47 bits per heavy atom. The van der Waals surface area contributed by atoms with Crippen molar-refractivity contribution >= 4 is 18.3 Å². The van der Waals surface area contributed by atoms with Crippen molar-refractivity contribution in [3.05, 3.63) is 29.3 Å². The minimum atomic E-state index is -1.45. The Morgan fingerprint density at radius 1 is 1.33 bits per heavy atom. The zero-order chi connectivity index (χ0) is 11.6. The summed E-state index contributed by atoms with van der Waals surface area (Å²) in [6.45, 7) is 0. The Balaban J connectivity index is 3.13. The maximum absolute atomic E-state index is 13.0. The largest absolute Gasteiger partial charge is 0.396 e. The molecule has 0 radical (unpaired) electrons.